The van der Waals surface area contributed by atoms with Crippen LogP contribution < -0.4 is 102 Å². The number of rotatable bonds is 55. The zero-order valence-corrected chi connectivity index (χ0v) is 89.5. The molecule has 0 fully saturated rings. The number of aliphatic carboxylic acids is 1. The van der Waals surface area contributed by atoms with Crippen molar-refractivity contribution in [2.45, 2.75) is 366 Å². The molecule has 3 aromatic carbocycles. The van der Waals surface area contributed by atoms with Gasteiger partial charge < -0.3 is 79.6 Å². The number of phenols is 1. The molecule has 5 rings (SSSR count). The minimum Gasteiger partial charge on any atom is -0.508 e. The molecule has 2 heterocycles. The number of amides is 7. The van der Waals surface area contributed by atoms with Crippen molar-refractivity contribution in [3.8, 4) is 5.75 Å². The van der Waals surface area contributed by atoms with Gasteiger partial charge in [0.25, 0.3) is 0 Å². The van der Waals surface area contributed by atoms with E-state index >= 15 is 24.0 Å². The number of aliphatic hydroxyl groups is 1. The first-order chi connectivity index (χ1) is 70.8. The Kier molecular flexibility index (Phi) is 56.5. The molecule has 0 bridgehead atoms. The highest BCUT2D eigenvalue weighted by Gasteiger charge is 2.45. The number of hydrogen-bond donors (Lipinski definition) is 23. The molecule has 4 aromatic rings. The standard InChI is InChI=1S/C107H164N20O23/c1-62(2)52-83(119-72(13)129)103(148)122-96(71(12)128)99(144)97(142)82(54-73-30-24-23-25-31-73)126-127-107(15)48-29-22-20-18-16-17-19-21-28-47-106(14,93(138)59-113-67(8)90(135)46-51-112-66(7)89(134)45-50-111-65(6)88(133)44-49-110-64(5)86(131)40-41-87(132)68(9)115-60-117-70(11)101(109)146)123-105(150)84(53-63(3)4)121-102(147)80(38-42-94(108)139)118-61-116-69(10)91(136)57-92(137)81(56-75-58-114-78-33-27-26-32-77(75)78)124-125-85(55-74-34-36-76(130)37-35-74)104(149)120-79(39-43-95(140)141)98(143)100(107)145/h17,19,23-27,30-37,58,62-71,79-85,96,110-118,124-128,130H,16,18,20-22,28-29,38-57,59-61H2,1-15H3,(H2,108,139)(H2,109,146)(H,119,129)(H,120,149)(H,121,147)(H,122,148)(H,123,150)(H,140,141)/b19-17+/t64-,65-,66-,67-,68-,69-,70+,71+,79-,80-,81-,82-,83-,84-,85-,96-,106-,107+/m0/s1. The van der Waals surface area contributed by atoms with Gasteiger partial charge in [-0.1, -0.05) is 120 Å². The number of primary amides is 2. The maximum Gasteiger partial charge on any atom is 0.303 e. The Bertz CT molecular complexity index is 5210. The van der Waals surface area contributed by atoms with E-state index in [1.165, 1.54) is 58.9 Å². The van der Waals surface area contributed by atoms with Gasteiger partial charge in [0.2, 0.25) is 64.5 Å². The van der Waals surface area contributed by atoms with E-state index in [4.69, 9.17) is 11.5 Å². The third kappa shape index (κ3) is 46.1. The molecule has 1 aliphatic heterocycles. The first-order valence-electron chi connectivity index (χ1n) is 52.1. The number of hydrogen-bond acceptors (Lipinski definition) is 34. The van der Waals surface area contributed by atoms with Crippen LogP contribution in [0, 0.1) is 11.8 Å². The monoisotopic (exact) mass is 2100 g/mol. The number of fused-ring (bicyclic) bond motifs is 1. The lowest BCUT2D eigenvalue weighted by Gasteiger charge is -2.33. The number of aromatic nitrogens is 1. The van der Waals surface area contributed by atoms with Gasteiger partial charge in [0.05, 0.1) is 96.6 Å². The van der Waals surface area contributed by atoms with Crippen LogP contribution in [-0.4, -0.2) is 284 Å². The van der Waals surface area contributed by atoms with Gasteiger partial charge in [-0.2, -0.15) is 0 Å². The fourth-order valence-electron chi connectivity index (χ4n) is 16.8. The minimum atomic E-state index is -2.09. The maximum absolute atomic E-state index is 15.7. The average molecular weight is 2100 g/mol. The summed E-state index contributed by atoms with van der Waals surface area (Å²) in [6.45, 7) is 23.5. The van der Waals surface area contributed by atoms with Crippen molar-refractivity contribution in [1.29, 1.82) is 0 Å². The number of H-pyrrole nitrogens is 1. The summed E-state index contributed by atoms with van der Waals surface area (Å²) in [5.74, 6) is -15.2. The van der Waals surface area contributed by atoms with Crippen molar-refractivity contribution < 1.29 is 111 Å². The number of aliphatic hydroxyl groups excluding tert-OH is 1. The maximum atomic E-state index is 15.7. The number of aromatic amines is 1. The Morgan fingerprint density at radius 2 is 1.05 bits per heavy atom. The number of nitrogens with one attached hydrogen (secondary N) is 18. The molecule has 1 aromatic heterocycles. The van der Waals surface area contributed by atoms with Gasteiger partial charge in [0, 0.05) is 102 Å². The third-order valence-corrected chi connectivity index (χ3v) is 26.7. The molecule has 150 heavy (non-hydrogen) atoms. The van der Waals surface area contributed by atoms with E-state index < -0.39 is 221 Å². The van der Waals surface area contributed by atoms with Crippen LogP contribution in [0.5, 0.6) is 5.75 Å². The van der Waals surface area contributed by atoms with Crippen molar-refractivity contribution in [1.82, 2.24) is 95.8 Å². The molecule has 830 valence electrons. The first kappa shape index (κ1) is 128. The fourth-order valence-corrected chi connectivity index (χ4v) is 16.8. The number of carboxylic acid groups (broad SMARTS) is 1. The predicted octanol–water partition coefficient (Wildman–Crippen LogP) is 1.85. The minimum absolute atomic E-state index is 0.00490. The first-order valence-corrected chi connectivity index (χ1v) is 52.1. The van der Waals surface area contributed by atoms with E-state index in [0.29, 0.717) is 66.1 Å². The summed E-state index contributed by atoms with van der Waals surface area (Å²) in [7, 11) is 0. The Hall–Kier alpha value is -12.0. The molecule has 43 heteroatoms. The molecule has 25 N–H and O–H groups in total. The number of ketones is 12. The summed E-state index contributed by atoms with van der Waals surface area (Å²) < 4.78 is 0. The zero-order valence-electron chi connectivity index (χ0n) is 89.5. The van der Waals surface area contributed by atoms with Crippen molar-refractivity contribution >= 4 is 128 Å². The van der Waals surface area contributed by atoms with Gasteiger partial charge in [0.1, 0.15) is 41.5 Å². The SMILES string of the molecule is CC(=O)N[C@@H](CC(C)C)C(=O)N[C@H](C(=O)C(=O)[C@H](Cc1ccccc1)NN[C@]1(C)CCCCCC/C=C/CCC[C@@](C)(C(=O)CN[C@@H](C)C(=O)CCN[C@@H](C)C(=O)CCN[C@@H](C)C(=O)CCN[C@@H](C)C(=O)CCC(=O)[C@H](C)NCN[C@H](C)C(N)=O)NC(=O)[C@H](CC(C)C)NC(=O)[C@H](CCC(N)=O)NCN[C@@H](C)C(=O)CC(=O)[C@H](Cc2c[nH]c3ccccc23)NN[C@@H](Cc2ccc(O)cc2)C(=O)N[C@@H](CCC(=O)O)C(=O)C1=O)[C@@H](C)O. The predicted molar refractivity (Wildman–Crippen MR) is 564 cm³/mol. The molecule has 0 saturated carbocycles. The number of carbonyl (C=O) groups is 20. The van der Waals surface area contributed by atoms with Gasteiger partial charge in [0.15, 0.2) is 34.7 Å². The number of hydrazine groups is 2. The van der Waals surface area contributed by atoms with Crippen LogP contribution in [0.3, 0.4) is 0 Å². The van der Waals surface area contributed by atoms with E-state index in [9.17, 15) is 87.2 Å². The van der Waals surface area contributed by atoms with Crippen LogP contribution in [0.1, 0.15) is 255 Å². The number of phenolic OH excluding ortho intramolecular Hbond substituents is 1. The number of nitrogens with two attached hydrogens (primary N) is 2. The topological polar surface area (TPSA) is 674 Å². The number of carbonyl (C=O) groups excluding carboxylic acids is 19. The second-order valence-electron chi connectivity index (χ2n) is 40.6. The fraction of sp³-hybridized carbons (Fsp3) is 0.607. The summed E-state index contributed by atoms with van der Waals surface area (Å²) in [5.41, 5.74) is 21.0. The zero-order chi connectivity index (χ0) is 112. The van der Waals surface area contributed by atoms with Crippen LogP contribution in [0.15, 0.2) is 97.2 Å². The lowest BCUT2D eigenvalue weighted by Crippen LogP contribution is -2.65. The summed E-state index contributed by atoms with van der Waals surface area (Å²) in [6.07, 6.45) is 3.22. The average Bonchev–Trinajstić information content (AvgIpc) is 1.11. The van der Waals surface area contributed by atoms with Crippen molar-refractivity contribution in [3.05, 3.63) is 114 Å². The molecular formula is C107H164N20O23. The normalized spacial score (nSPS) is 21.7. The van der Waals surface area contributed by atoms with Gasteiger partial charge in [-0.15, -0.1) is 0 Å². The molecule has 0 saturated heterocycles. The van der Waals surface area contributed by atoms with E-state index in [-0.39, 0.29) is 176 Å². The molecular weight excluding hydrogens is 1930 g/mol. The van der Waals surface area contributed by atoms with Crippen LogP contribution in [-0.2, 0) is 115 Å². The van der Waals surface area contributed by atoms with Crippen molar-refractivity contribution in [2.24, 2.45) is 23.3 Å². The second kappa shape index (κ2) is 66.0. The Morgan fingerprint density at radius 3 is 1.63 bits per heavy atom. The van der Waals surface area contributed by atoms with E-state index in [0.717, 1.165) is 0 Å². The molecule has 43 nitrogen and oxygen atoms in total. The molecule has 7 amide bonds. The third-order valence-electron chi connectivity index (χ3n) is 26.7. The number of benzene rings is 3. The Morgan fingerprint density at radius 1 is 0.513 bits per heavy atom. The molecule has 0 unspecified atom stereocenters. The lowest BCUT2D eigenvalue weighted by atomic mass is 9.85. The Labute approximate surface area is 878 Å². The molecule has 1 aliphatic rings. The number of allylic oxidation sites excluding steroid dienone is 2. The molecule has 0 radical (unpaired) electrons. The molecule has 0 aliphatic carbocycles. The Balaban J connectivity index is 1.45. The number of para-hydroxylation sites is 1. The highest BCUT2D eigenvalue weighted by atomic mass is 16.4. The van der Waals surface area contributed by atoms with Crippen molar-refractivity contribution in [2.75, 3.05) is 39.5 Å². The van der Waals surface area contributed by atoms with Crippen molar-refractivity contribution in [3.63, 3.8) is 0 Å². The van der Waals surface area contributed by atoms with Crippen LogP contribution >= 0.6 is 0 Å². The van der Waals surface area contributed by atoms with Crippen LogP contribution in [0.2, 0.25) is 0 Å². The smallest absolute Gasteiger partial charge is 0.303 e. The van der Waals surface area contributed by atoms with Gasteiger partial charge in [-0.3, -0.25) is 117 Å². The molecule has 0 spiro atoms. The summed E-state index contributed by atoms with van der Waals surface area (Å²) in [5, 5.41) is 69.9. The van der Waals surface area contributed by atoms with E-state index in [2.05, 4.69) is 95.8 Å². The summed E-state index contributed by atoms with van der Waals surface area (Å²) >= 11 is 0. The number of carboxylic acids is 1. The number of aromatic hydroxyl groups is 1. The quantitative estimate of drug-likeness (QED) is 0.00986. The summed E-state index contributed by atoms with van der Waals surface area (Å²) in [6, 6.07) is 3.91. The highest BCUT2D eigenvalue weighted by molar-refractivity contribution is 6.43. The second-order valence-corrected chi connectivity index (χ2v) is 40.6. The van der Waals surface area contributed by atoms with Gasteiger partial charge >= 0.3 is 5.97 Å². The molecule has 18 atom stereocenters. The van der Waals surface area contributed by atoms with Crippen LogP contribution in [0.25, 0.3) is 10.9 Å². The number of Topliss-reactive ketones (excluding diaryl/α,β-unsaturated/α-hetero) is 12. The lowest BCUT2D eigenvalue weighted by molar-refractivity contribution is -0.144. The summed E-state index contributed by atoms with van der Waals surface area (Å²) in [4.78, 5) is 282. The largest absolute Gasteiger partial charge is 0.508 e. The van der Waals surface area contributed by atoms with E-state index in [1.54, 1.807) is 116 Å². The van der Waals surface area contributed by atoms with Gasteiger partial charge in [-0.05, 0) is 199 Å². The van der Waals surface area contributed by atoms with Crippen LogP contribution in [0.4, 0.5) is 0 Å². The van der Waals surface area contributed by atoms with Gasteiger partial charge in [-0.25, -0.2) is 21.7 Å². The van der Waals surface area contributed by atoms with E-state index in [1.807, 2.05) is 26.0 Å². The highest BCUT2D eigenvalue weighted by Crippen LogP contribution is 2.26.